The Morgan fingerprint density at radius 1 is 1.12 bits per heavy atom. The van der Waals surface area contributed by atoms with Gasteiger partial charge in [0, 0.05) is 0 Å². The standard InChI is InChI=1S/C12H14N4/c1-8-5-4-6-11(7-8)15-16-12-9(2)13-14-10(12)3/h4-7H,1-3H3,(H,13,14). The van der Waals surface area contributed by atoms with Gasteiger partial charge in [0.15, 0.2) is 0 Å². The van der Waals surface area contributed by atoms with Gasteiger partial charge in [0.05, 0.1) is 17.1 Å². The van der Waals surface area contributed by atoms with Gasteiger partial charge < -0.3 is 0 Å². The molecule has 1 N–H and O–H groups in total. The molecule has 2 aromatic rings. The molecule has 0 aliphatic carbocycles. The first-order chi connectivity index (χ1) is 7.66. The molecule has 16 heavy (non-hydrogen) atoms. The van der Waals surface area contributed by atoms with Gasteiger partial charge in [-0.05, 0) is 38.5 Å². The number of hydrogen-bond acceptors (Lipinski definition) is 3. The van der Waals surface area contributed by atoms with Crippen molar-refractivity contribution < 1.29 is 0 Å². The Labute approximate surface area is 94.4 Å². The third kappa shape index (κ3) is 2.16. The lowest BCUT2D eigenvalue weighted by molar-refractivity contribution is 1.02. The maximum Gasteiger partial charge on any atom is 0.129 e. The van der Waals surface area contributed by atoms with Gasteiger partial charge in [0.25, 0.3) is 0 Å². The molecular weight excluding hydrogens is 200 g/mol. The van der Waals surface area contributed by atoms with Crippen LogP contribution in [0.4, 0.5) is 11.4 Å². The van der Waals surface area contributed by atoms with Crippen LogP contribution in [0.15, 0.2) is 34.5 Å². The summed E-state index contributed by atoms with van der Waals surface area (Å²) < 4.78 is 0. The Hall–Kier alpha value is -1.97. The number of benzene rings is 1. The van der Waals surface area contributed by atoms with Crippen molar-refractivity contribution in [2.75, 3.05) is 0 Å². The van der Waals surface area contributed by atoms with Crippen LogP contribution < -0.4 is 0 Å². The molecule has 1 aromatic heterocycles. The molecule has 0 saturated heterocycles. The molecule has 0 saturated carbocycles. The summed E-state index contributed by atoms with van der Waals surface area (Å²) in [6.45, 7) is 5.88. The summed E-state index contributed by atoms with van der Waals surface area (Å²) in [7, 11) is 0. The van der Waals surface area contributed by atoms with E-state index in [0.29, 0.717) is 0 Å². The Balaban J connectivity index is 2.28. The van der Waals surface area contributed by atoms with E-state index in [1.807, 2.05) is 45.0 Å². The average molecular weight is 214 g/mol. The molecule has 0 unspecified atom stereocenters. The van der Waals surface area contributed by atoms with Crippen molar-refractivity contribution >= 4 is 11.4 Å². The second kappa shape index (κ2) is 4.26. The molecule has 0 radical (unpaired) electrons. The number of hydrogen-bond donors (Lipinski definition) is 1. The molecule has 1 heterocycles. The van der Waals surface area contributed by atoms with E-state index in [4.69, 9.17) is 0 Å². The Morgan fingerprint density at radius 2 is 1.94 bits per heavy atom. The van der Waals surface area contributed by atoms with Crippen molar-refractivity contribution in [3.8, 4) is 0 Å². The Bertz CT molecular complexity index is 506. The van der Waals surface area contributed by atoms with E-state index >= 15 is 0 Å². The predicted molar refractivity (Wildman–Crippen MR) is 63.4 cm³/mol. The zero-order chi connectivity index (χ0) is 11.5. The van der Waals surface area contributed by atoms with Gasteiger partial charge in [-0.15, -0.1) is 5.11 Å². The number of aryl methyl sites for hydroxylation is 3. The van der Waals surface area contributed by atoms with Gasteiger partial charge >= 0.3 is 0 Å². The van der Waals surface area contributed by atoms with Crippen molar-refractivity contribution in [1.82, 2.24) is 10.2 Å². The normalized spacial score (nSPS) is 11.2. The molecule has 82 valence electrons. The van der Waals surface area contributed by atoms with E-state index in [-0.39, 0.29) is 0 Å². The summed E-state index contributed by atoms with van der Waals surface area (Å²) in [5.41, 5.74) is 4.67. The third-order valence-electron chi connectivity index (χ3n) is 2.36. The highest BCUT2D eigenvalue weighted by Gasteiger charge is 2.03. The smallest absolute Gasteiger partial charge is 0.129 e. The molecule has 0 aliphatic heterocycles. The summed E-state index contributed by atoms with van der Waals surface area (Å²) in [4.78, 5) is 0. The summed E-state index contributed by atoms with van der Waals surface area (Å²) in [5, 5.41) is 15.4. The van der Waals surface area contributed by atoms with Crippen molar-refractivity contribution in [2.45, 2.75) is 20.8 Å². The van der Waals surface area contributed by atoms with Crippen LogP contribution in [0.5, 0.6) is 0 Å². The van der Waals surface area contributed by atoms with E-state index in [9.17, 15) is 0 Å². The Kier molecular flexibility index (Phi) is 2.81. The Morgan fingerprint density at radius 3 is 2.56 bits per heavy atom. The fourth-order valence-electron chi connectivity index (χ4n) is 1.49. The monoisotopic (exact) mass is 214 g/mol. The third-order valence-corrected chi connectivity index (χ3v) is 2.36. The van der Waals surface area contributed by atoms with Crippen molar-refractivity contribution in [3.63, 3.8) is 0 Å². The molecule has 0 atom stereocenters. The lowest BCUT2D eigenvalue weighted by atomic mass is 10.2. The second-order valence-electron chi connectivity index (χ2n) is 3.82. The highest BCUT2D eigenvalue weighted by Crippen LogP contribution is 2.23. The van der Waals surface area contributed by atoms with Gasteiger partial charge in [-0.3, -0.25) is 5.10 Å². The zero-order valence-electron chi connectivity index (χ0n) is 9.65. The maximum atomic E-state index is 4.21. The molecule has 0 amide bonds. The van der Waals surface area contributed by atoms with Crippen LogP contribution >= 0.6 is 0 Å². The molecule has 0 fully saturated rings. The molecule has 4 nitrogen and oxygen atoms in total. The van der Waals surface area contributed by atoms with E-state index < -0.39 is 0 Å². The first-order valence-corrected chi connectivity index (χ1v) is 5.17. The molecule has 2 rings (SSSR count). The highest BCUT2D eigenvalue weighted by molar-refractivity contribution is 5.46. The number of azo groups is 1. The van der Waals surface area contributed by atoms with Gasteiger partial charge in [0.2, 0.25) is 0 Å². The van der Waals surface area contributed by atoms with Crippen LogP contribution in [-0.4, -0.2) is 10.2 Å². The number of aromatic nitrogens is 2. The largest absolute Gasteiger partial charge is 0.280 e. The fraction of sp³-hybridized carbons (Fsp3) is 0.250. The minimum atomic E-state index is 0.821. The van der Waals surface area contributed by atoms with Crippen molar-refractivity contribution in [1.29, 1.82) is 0 Å². The number of nitrogens with zero attached hydrogens (tertiary/aromatic N) is 3. The first kappa shape index (κ1) is 10.5. The van der Waals surface area contributed by atoms with Crippen LogP contribution in [0.1, 0.15) is 17.0 Å². The van der Waals surface area contributed by atoms with Crippen molar-refractivity contribution in [2.24, 2.45) is 10.2 Å². The molecule has 0 spiro atoms. The second-order valence-corrected chi connectivity index (χ2v) is 3.82. The molecule has 1 aromatic carbocycles. The van der Waals surface area contributed by atoms with E-state index in [2.05, 4.69) is 20.4 Å². The maximum absolute atomic E-state index is 4.21. The van der Waals surface area contributed by atoms with E-state index in [1.165, 1.54) is 5.56 Å². The SMILES string of the molecule is Cc1cccc(N=Nc2c(C)n[nH]c2C)c1. The summed E-state index contributed by atoms with van der Waals surface area (Å²) in [6.07, 6.45) is 0. The molecule has 0 aliphatic rings. The molecule has 4 heteroatoms. The van der Waals surface area contributed by atoms with E-state index in [0.717, 1.165) is 22.8 Å². The van der Waals surface area contributed by atoms with Gasteiger partial charge in [-0.1, -0.05) is 12.1 Å². The van der Waals surface area contributed by atoms with Crippen LogP contribution in [0.2, 0.25) is 0 Å². The topological polar surface area (TPSA) is 53.4 Å². The summed E-state index contributed by atoms with van der Waals surface area (Å²) in [5.74, 6) is 0. The predicted octanol–water partition coefficient (Wildman–Crippen LogP) is 3.75. The quantitative estimate of drug-likeness (QED) is 0.760. The number of H-pyrrole nitrogens is 1. The van der Waals surface area contributed by atoms with Gasteiger partial charge in [-0.2, -0.15) is 10.2 Å². The number of nitrogens with one attached hydrogen (secondary N) is 1. The minimum Gasteiger partial charge on any atom is -0.280 e. The van der Waals surface area contributed by atoms with Crippen molar-refractivity contribution in [3.05, 3.63) is 41.2 Å². The van der Waals surface area contributed by atoms with Crippen LogP contribution in [0.3, 0.4) is 0 Å². The van der Waals surface area contributed by atoms with Gasteiger partial charge in [-0.25, -0.2) is 0 Å². The van der Waals surface area contributed by atoms with Crippen LogP contribution in [-0.2, 0) is 0 Å². The highest BCUT2D eigenvalue weighted by atomic mass is 15.2. The molecular formula is C12H14N4. The summed E-state index contributed by atoms with van der Waals surface area (Å²) in [6, 6.07) is 7.93. The fourth-order valence-corrected chi connectivity index (χ4v) is 1.49. The average Bonchev–Trinajstić information content (AvgIpc) is 2.56. The minimum absolute atomic E-state index is 0.821. The lowest BCUT2D eigenvalue weighted by Crippen LogP contribution is -1.71. The number of aromatic amines is 1. The zero-order valence-corrected chi connectivity index (χ0v) is 9.65. The first-order valence-electron chi connectivity index (χ1n) is 5.17. The number of rotatable bonds is 2. The van der Waals surface area contributed by atoms with E-state index in [1.54, 1.807) is 0 Å². The lowest BCUT2D eigenvalue weighted by Gasteiger charge is -1.94. The molecule has 0 bridgehead atoms. The summed E-state index contributed by atoms with van der Waals surface area (Å²) >= 11 is 0. The van der Waals surface area contributed by atoms with Gasteiger partial charge in [0.1, 0.15) is 5.69 Å². The van der Waals surface area contributed by atoms with Crippen LogP contribution in [0.25, 0.3) is 0 Å². The van der Waals surface area contributed by atoms with Crippen LogP contribution in [0, 0.1) is 20.8 Å².